The van der Waals surface area contributed by atoms with Crippen LogP contribution in [0.2, 0.25) is 18.1 Å². The lowest BCUT2D eigenvalue weighted by molar-refractivity contribution is 0.251. The first-order chi connectivity index (χ1) is 10.8. The molecule has 1 aromatic rings. The summed E-state index contributed by atoms with van der Waals surface area (Å²) in [6.45, 7) is 14.4. The van der Waals surface area contributed by atoms with Gasteiger partial charge < -0.3 is 4.43 Å². The highest BCUT2D eigenvalue weighted by Crippen LogP contribution is 2.37. The molecule has 0 radical (unpaired) electrons. The van der Waals surface area contributed by atoms with Gasteiger partial charge in [0.05, 0.1) is 4.90 Å². The van der Waals surface area contributed by atoms with Crippen LogP contribution < -0.4 is 0 Å². The van der Waals surface area contributed by atoms with Crippen molar-refractivity contribution >= 4 is 18.4 Å². The molecule has 0 aliphatic heterocycles. The molecule has 1 aromatic carbocycles. The van der Waals surface area contributed by atoms with E-state index in [0.717, 1.165) is 5.56 Å². The number of hydrogen-bond donors (Lipinski definition) is 0. The highest BCUT2D eigenvalue weighted by atomic mass is 32.2. The zero-order chi connectivity index (χ0) is 18.6. The quantitative estimate of drug-likeness (QED) is 0.446. The molecule has 134 valence electrons. The van der Waals surface area contributed by atoms with Crippen LogP contribution in [0.4, 0.5) is 0 Å². The molecule has 6 heteroatoms. The topological polar surface area (TPSA) is 52.6 Å². The molecule has 4 nitrogen and oxygen atoms in total. The van der Waals surface area contributed by atoms with Crippen LogP contribution in [-0.2, 0) is 18.7 Å². The molecule has 0 aliphatic carbocycles. The van der Waals surface area contributed by atoms with Crippen LogP contribution in [0.3, 0.4) is 0 Å². The number of rotatable bonds is 5. The fraction of sp³-hybridized carbons (Fsp3) is 0.556. The van der Waals surface area contributed by atoms with E-state index in [1.54, 1.807) is 12.1 Å². The molecule has 1 atom stereocenters. The summed E-state index contributed by atoms with van der Waals surface area (Å²) in [7, 11) is -5.65. The zero-order valence-electron chi connectivity index (χ0n) is 15.6. The Bertz CT molecular complexity index is 704. The maximum atomic E-state index is 12.0. The molecule has 0 fully saturated rings. The first kappa shape index (κ1) is 20.9. The summed E-state index contributed by atoms with van der Waals surface area (Å²) in [6, 6.07) is 6.52. The first-order valence-corrected chi connectivity index (χ1v) is 12.3. The Labute approximate surface area is 147 Å². The van der Waals surface area contributed by atoms with E-state index in [4.69, 9.17) is 8.61 Å². The van der Waals surface area contributed by atoms with Crippen molar-refractivity contribution in [2.24, 2.45) is 0 Å². The predicted molar refractivity (Wildman–Crippen MR) is 99.8 cm³/mol. The third-order valence-electron chi connectivity index (χ3n) is 4.18. The van der Waals surface area contributed by atoms with Crippen molar-refractivity contribution in [3.8, 4) is 11.8 Å². The lowest BCUT2D eigenvalue weighted by Crippen LogP contribution is -2.43. The third-order valence-corrected chi connectivity index (χ3v) is 10.0. The minimum atomic E-state index is -3.77. The molecule has 0 spiro atoms. The van der Waals surface area contributed by atoms with Gasteiger partial charge in [0.2, 0.25) is 0 Å². The van der Waals surface area contributed by atoms with Crippen molar-refractivity contribution in [2.75, 3.05) is 6.61 Å². The summed E-state index contributed by atoms with van der Waals surface area (Å²) in [6.07, 6.45) is -0.253. The maximum Gasteiger partial charge on any atom is 0.297 e. The van der Waals surface area contributed by atoms with Gasteiger partial charge in [-0.3, -0.25) is 4.18 Å². The normalized spacial score (nSPS) is 14.0. The van der Waals surface area contributed by atoms with Crippen molar-refractivity contribution in [1.82, 2.24) is 0 Å². The van der Waals surface area contributed by atoms with E-state index in [-0.39, 0.29) is 22.6 Å². The van der Waals surface area contributed by atoms with E-state index < -0.39 is 18.4 Å². The Hall–Kier alpha value is -1.13. The molecule has 0 saturated heterocycles. The Kier molecular flexibility index (Phi) is 6.82. The van der Waals surface area contributed by atoms with E-state index in [9.17, 15) is 8.42 Å². The molecule has 24 heavy (non-hydrogen) atoms. The van der Waals surface area contributed by atoms with Crippen LogP contribution in [0, 0.1) is 18.8 Å². The molecule has 0 unspecified atom stereocenters. The Balaban J connectivity index is 2.62. The highest BCUT2D eigenvalue weighted by Gasteiger charge is 2.38. The van der Waals surface area contributed by atoms with Crippen LogP contribution >= 0.6 is 0 Å². The van der Waals surface area contributed by atoms with Gasteiger partial charge in [-0.2, -0.15) is 8.42 Å². The van der Waals surface area contributed by atoms with Crippen molar-refractivity contribution < 1.29 is 17.0 Å². The van der Waals surface area contributed by atoms with Crippen LogP contribution in [0.15, 0.2) is 29.2 Å². The van der Waals surface area contributed by atoms with Crippen LogP contribution in [0.1, 0.15) is 33.3 Å². The van der Waals surface area contributed by atoms with Crippen LogP contribution in [0.5, 0.6) is 0 Å². The second-order valence-corrected chi connectivity index (χ2v) is 13.7. The van der Waals surface area contributed by atoms with Crippen molar-refractivity contribution in [3.05, 3.63) is 29.8 Å². The molecule has 0 aliphatic rings. The Morgan fingerprint density at radius 2 is 1.71 bits per heavy atom. The summed E-state index contributed by atoms with van der Waals surface area (Å²) in [5.74, 6) is 5.66. The second-order valence-electron chi connectivity index (χ2n) is 7.37. The van der Waals surface area contributed by atoms with Crippen LogP contribution in [0.25, 0.3) is 0 Å². The standard InChI is InChI=1S/C18H28O4SSi/c1-15-10-12-17(13-11-15)23(19,20)21-14-8-9-16(2)22-24(6,7)18(3,4)5/h10-13,16H,14H2,1-7H3/t16-/m1/s1. The fourth-order valence-electron chi connectivity index (χ4n) is 1.71. The van der Waals surface area contributed by atoms with Gasteiger partial charge in [0.1, 0.15) is 12.7 Å². The average Bonchev–Trinajstić information content (AvgIpc) is 2.42. The summed E-state index contributed by atoms with van der Waals surface area (Å²) >= 11 is 0. The van der Waals surface area contributed by atoms with Gasteiger partial charge in [-0.25, -0.2) is 0 Å². The Morgan fingerprint density at radius 3 is 2.21 bits per heavy atom. The van der Waals surface area contributed by atoms with Gasteiger partial charge in [0.25, 0.3) is 10.1 Å². The average molecular weight is 369 g/mol. The minimum Gasteiger partial charge on any atom is -0.404 e. The molecule has 0 aromatic heterocycles. The van der Waals surface area contributed by atoms with Gasteiger partial charge in [-0.15, -0.1) is 0 Å². The van der Waals surface area contributed by atoms with Crippen LogP contribution in [-0.4, -0.2) is 29.4 Å². The lowest BCUT2D eigenvalue weighted by Gasteiger charge is -2.37. The van der Waals surface area contributed by atoms with E-state index in [1.165, 1.54) is 12.1 Å². The van der Waals surface area contributed by atoms with Gasteiger partial charge in [-0.1, -0.05) is 50.3 Å². The number of aryl methyl sites for hydroxylation is 1. The fourth-order valence-corrected chi connectivity index (χ4v) is 3.83. The van der Waals surface area contributed by atoms with Gasteiger partial charge in [0.15, 0.2) is 8.32 Å². The van der Waals surface area contributed by atoms with Gasteiger partial charge in [-0.05, 0) is 44.1 Å². The van der Waals surface area contributed by atoms with Gasteiger partial charge >= 0.3 is 0 Å². The summed E-state index contributed by atoms with van der Waals surface area (Å²) < 4.78 is 35.1. The summed E-state index contributed by atoms with van der Waals surface area (Å²) in [5, 5.41) is 0.105. The van der Waals surface area contributed by atoms with Gasteiger partial charge in [0, 0.05) is 0 Å². The van der Waals surface area contributed by atoms with E-state index in [2.05, 4.69) is 45.7 Å². The maximum absolute atomic E-state index is 12.0. The molecule has 0 heterocycles. The summed E-state index contributed by atoms with van der Waals surface area (Å²) in [4.78, 5) is 0.139. The molecule has 1 rings (SSSR count). The molecular formula is C18H28O4SSi. The number of benzene rings is 1. The van der Waals surface area contributed by atoms with E-state index >= 15 is 0 Å². The number of hydrogen-bond acceptors (Lipinski definition) is 4. The first-order valence-electron chi connectivity index (χ1n) is 7.97. The molecular weight excluding hydrogens is 340 g/mol. The van der Waals surface area contributed by atoms with Crippen molar-refractivity contribution in [3.63, 3.8) is 0 Å². The predicted octanol–water partition coefficient (Wildman–Crippen LogP) is 4.11. The zero-order valence-corrected chi connectivity index (χ0v) is 17.5. The SMILES string of the molecule is Cc1ccc(S(=O)(=O)OCC#C[C@@H](C)O[Si](C)(C)C(C)(C)C)cc1. The van der Waals surface area contributed by atoms with E-state index in [0.29, 0.717) is 0 Å². The largest absolute Gasteiger partial charge is 0.404 e. The monoisotopic (exact) mass is 368 g/mol. The molecule has 0 N–H and O–H groups in total. The summed E-state index contributed by atoms with van der Waals surface area (Å²) in [5.41, 5.74) is 0.991. The molecule has 0 bridgehead atoms. The molecule has 0 amide bonds. The lowest BCUT2D eigenvalue weighted by atomic mass is 10.2. The second kappa shape index (κ2) is 7.83. The highest BCUT2D eigenvalue weighted by molar-refractivity contribution is 7.86. The van der Waals surface area contributed by atoms with E-state index in [1.807, 2.05) is 13.8 Å². The minimum absolute atomic E-state index is 0.105. The van der Waals surface area contributed by atoms with Crippen molar-refractivity contribution in [1.29, 1.82) is 0 Å². The van der Waals surface area contributed by atoms with Crippen molar-refractivity contribution in [2.45, 2.75) is 63.8 Å². The Morgan fingerprint density at radius 1 is 1.17 bits per heavy atom. The third kappa shape index (κ3) is 6.06. The molecule has 0 saturated carbocycles. The smallest absolute Gasteiger partial charge is 0.297 e.